The van der Waals surface area contributed by atoms with Crippen molar-refractivity contribution in [2.24, 2.45) is 5.92 Å². The monoisotopic (exact) mass is 1130 g/mol. The highest BCUT2D eigenvalue weighted by Crippen LogP contribution is 2.39. The number of alkyl carbamates (subject to hydrolysis) is 3. The van der Waals surface area contributed by atoms with Gasteiger partial charge in [-0.2, -0.15) is 0 Å². The number of piperidine rings is 1. The Kier molecular flexibility index (Phi) is 22.3. The third-order valence-electron chi connectivity index (χ3n) is 13.0. The van der Waals surface area contributed by atoms with E-state index in [2.05, 4.69) is 33.2 Å². The average molecular weight is 1130 g/mol. The van der Waals surface area contributed by atoms with E-state index in [-0.39, 0.29) is 70.6 Å². The number of carbonyl (C=O) groups excluding carboxylic acids is 6. The van der Waals surface area contributed by atoms with E-state index in [4.69, 9.17) is 37.9 Å². The Morgan fingerprint density at radius 3 is 1.95 bits per heavy atom. The minimum absolute atomic E-state index is 0.00310. The zero-order valence-electron chi connectivity index (χ0n) is 48.8. The van der Waals surface area contributed by atoms with Gasteiger partial charge in [-0.25, -0.2) is 24.0 Å². The molecule has 0 bridgehead atoms. The average Bonchev–Trinajstić information content (AvgIpc) is 3.26. The number of likely N-dealkylation sites (tertiary alicyclic amines) is 1. The fraction of sp³-hybridized carbons (Fsp3) is 0.811. The molecule has 0 aromatic heterocycles. The molecule has 452 valence electrons. The summed E-state index contributed by atoms with van der Waals surface area (Å²) in [6.07, 6.45) is -12.6. The largest absolute Gasteiger partial charge is 0.491 e. The Hall–Kier alpha value is -5.22. The summed E-state index contributed by atoms with van der Waals surface area (Å²) in [5.41, 5.74) is -6.58. The van der Waals surface area contributed by atoms with Crippen LogP contribution in [0.2, 0.25) is 0 Å². The van der Waals surface area contributed by atoms with Crippen LogP contribution in [-0.4, -0.2) is 213 Å². The molecule has 4 rings (SSSR count). The molecule has 12 atom stereocenters. The fourth-order valence-electron chi connectivity index (χ4n) is 9.63. The zero-order chi connectivity index (χ0) is 59.8. The highest BCUT2D eigenvalue weighted by Gasteiger charge is 2.57. The van der Waals surface area contributed by atoms with E-state index in [0.717, 1.165) is 4.90 Å². The van der Waals surface area contributed by atoms with Gasteiger partial charge < -0.3 is 99.8 Å². The van der Waals surface area contributed by atoms with Gasteiger partial charge in [-0.15, -0.1) is 0 Å². The van der Waals surface area contributed by atoms with Crippen molar-refractivity contribution in [1.82, 2.24) is 36.4 Å². The van der Waals surface area contributed by atoms with E-state index in [1.807, 2.05) is 0 Å². The second kappa shape index (κ2) is 26.6. The summed E-state index contributed by atoms with van der Waals surface area (Å²) >= 11 is 0. The molecule has 3 fully saturated rings. The minimum Gasteiger partial charge on any atom is -0.491 e. The second-order valence-corrected chi connectivity index (χ2v) is 25.2. The molecular weight excluding hydrogens is 1040 g/mol. The molecule has 0 aromatic carbocycles. The molecule has 2 saturated heterocycles. The van der Waals surface area contributed by atoms with Gasteiger partial charge in [0, 0.05) is 45.2 Å². The van der Waals surface area contributed by atoms with E-state index in [9.17, 15) is 54.3 Å². The fourth-order valence-corrected chi connectivity index (χ4v) is 9.63. The number of aliphatic hydroxyl groups excluding tert-OH is 3. The zero-order valence-corrected chi connectivity index (χ0v) is 48.8. The Bertz CT molecular complexity index is 2160. The van der Waals surface area contributed by atoms with Gasteiger partial charge in [0.15, 0.2) is 6.29 Å². The summed E-state index contributed by atoms with van der Waals surface area (Å²) in [4.78, 5) is 82.3. The molecule has 1 saturated carbocycles. The van der Waals surface area contributed by atoms with Crippen LogP contribution in [0.3, 0.4) is 0 Å². The minimum atomic E-state index is -1.90. The molecule has 4 aliphatic rings. The van der Waals surface area contributed by atoms with E-state index in [1.54, 1.807) is 89.2 Å². The molecule has 3 aliphatic heterocycles. The SMILES string of the molecule is C=C(C)OC(=O)N[C@H]1C[C@@H](NC(=O)[C@@H](O)CCNC(=O)OC(C)(C)C)[C@H](O[C@H]2OC[C@](C)(O)[C@H](N(C)C(=O)OC(C)(C)C)[C@H]2O)[C@@H](O)C1[C@H]1OC(CNCC2(O)CCN(C(=O)OC(C)(C)C)CC2)=CC[C@H]1NC(=O)OC(C)(C)C. The number of carbonyl (C=O) groups is 6. The summed E-state index contributed by atoms with van der Waals surface area (Å²) in [5.74, 6) is -2.03. The maximum Gasteiger partial charge on any atom is 0.412 e. The van der Waals surface area contributed by atoms with E-state index in [0.29, 0.717) is 5.76 Å². The molecule has 1 unspecified atom stereocenters. The molecule has 1 aliphatic carbocycles. The van der Waals surface area contributed by atoms with Crippen molar-refractivity contribution in [2.75, 3.05) is 46.4 Å². The number of hydrogen-bond donors (Lipinski definition) is 10. The molecule has 0 spiro atoms. The normalized spacial score (nSPS) is 28.8. The number of amides is 6. The van der Waals surface area contributed by atoms with Crippen LogP contribution in [0.25, 0.3) is 0 Å². The van der Waals surface area contributed by atoms with Gasteiger partial charge in [-0.1, -0.05) is 6.58 Å². The molecule has 10 N–H and O–H groups in total. The summed E-state index contributed by atoms with van der Waals surface area (Å²) in [6.45, 7) is 26.5. The van der Waals surface area contributed by atoms with Crippen LogP contribution in [0.15, 0.2) is 24.2 Å². The van der Waals surface area contributed by atoms with Crippen LogP contribution >= 0.6 is 0 Å². The molecule has 3 heterocycles. The Morgan fingerprint density at radius 1 is 0.810 bits per heavy atom. The Morgan fingerprint density at radius 2 is 1.38 bits per heavy atom. The summed E-state index contributed by atoms with van der Waals surface area (Å²) in [6, 6.07) is -5.07. The van der Waals surface area contributed by atoms with Gasteiger partial charge in [-0.05, 0) is 135 Å². The molecule has 26 heteroatoms. The lowest BCUT2D eigenvalue weighted by Crippen LogP contribution is -2.71. The lowest BCUT2D eigenvalue weighted by molar-refractivity contribution is -0.305. The maximum absolute atomic E-state index is 14.0. The summed E-state index contributed by atoms with van der Waals surface area (Å²) < 4.78 is 46.4. The quantitative estimate of drug-likeness (QED) is 0.0784. The lowest BCUT2D eigenvalue weighted by Gasteiger charge is -2.52. The van der Waals surface area contributed by atoms with E-state index in [1.165, 1.54) is 25.8 Å². The molecule has 0 aromatic rings. The first-order valence-electron chi connectivity index (χ1n) is 26.8. The lowest BCUT2D eigenvalue weighted by atomic mass is 9.72. The van der Waals surface area contributed by atoms with E-state index < -0.39 is 143 Å². The number of likely N-dealkylation sites (N-methyl/N-ethyl adjacent to an activating group) is 1. The third kappa shape index (κ3) is 20.7. The van der Waals surface area contributed by atoms with Gasteiger partial charge in [0.2, 0.25) is 5.91 Å². The van der Waals surface area contributed by atoms with Crippen molar-refractivity contribution in [3.05, 3.63) is 24.2 Å². The molecule has 79 heavy (non-hydrogen) atoms. The first-order chi connectivity index (χ1) is 36.2. The Balaban J connectivity index is 1.75. The van der Waals surface area contributed by atoms with Crippen molar-refractivity contribution in [3.63, 3.8) is 0 Å². The molecule has 6 amide bonds. The summed E-state index contributed by atoms with van der Waals surface area (Å²) in [5, 5.41) is 73.4. The first-order valence-corrected chi connectivity index (χ1v) is 26.8. The van der Waals surface area contributed by atoms with Gasteiger partial charge in [0.1, 0.15) is 58.2 Å². The van der Waals surface area contributed by atoms with Crippen molar-refractivity contribution in [2.45, 2.75) is 224 Å². The van der Waals surface area contributed by atoms with Crippen LogP contribution in [0.1, 0.15) is 129 Å². The number of allylic oxidation sites excluding steroid dienone is 1. The predicted octanol–water partition coefficient (Wildman–Crippen LogP) is 2.76. The first kappa shape index (κ1) is 66.3. The topological polar surface area (TPSA) is 344 Å². The van der Waals surface area contributed by atoms with Gasteiger partial charge in [-0.3, -0.25) is 4.79 Å². The maximum atomic E-state index is 14.0. The van der Waals surface area contributed by atoms with Crippen LogP contribution in [-0.2, 0) is 42.7 Å². The van der Waals surface area contributed by atoms with Crippen LogP contribution in [0, 0.1) is 5.92 Å². The second-order valence-electron chi connectivity index (χ2n) is 25.2. The summed E-state index contributed by atoms with van der Waals surface area (Å²) in [7, 11) is 1.31. The highest BCUT2D eigenvalue weighted by atomic mass is 16.7. The number of rotatable bonds is 16. The smallest absolute Gasteiger partial charge is 0.412 e. The predicted molar refractivity (Wildman–Crippen MR) is 284 cm³/mol. The van der Waals surface area contributed by atoms with Gasteiger partial charge >= 0.3 is 30.5 Å². The van der Waals surface area contributed by atoms with Crippen molar-refractivity contribution < 1.29 is 92.2 Å². The number of nitrogens with one attached hydrogen (secondary N) is 5. The number of hydrogen-bond acceptors (Lipinski definition) is 20. The molecular formula is C53H91N7O19. The third-order valence-corrected chi connectivity index (χ3v) is 13.0. The van der Waals surface area contributed by atoms with Crippen molar-refractivity contribution >= 4 is 36.4 Å². The van der Waals surface area contributed by atoms with Crippen LogP contribution in [0.4, 0.5) is 24.0 Å². The number of aliphatic hydroxyl groups is 5. The van der Waals surface area contributed by atoms with Crippen LogP contribution in [0.5, 0.6) is 0 Å². The molecule has 26 nitrogen and oxygen atoms in total. The van der Waals surface area contributed by atoms with E-state index >= 15 is 0 Å². The molecule has 0 radical (unpaired) electrons. The van der Waals surface area contributed by atoms with Gasteiger partial charge in [0.05, 0.1) is 48.7 Å². The number of nitrogens with zero attached hydrogens (tertiary/aromatic N) is 2. The van der Waals surface area contributed by atoms with Crippen molar-refractivity contribution in [3.8, 4) is 0 Å². The number of ether oxygens (including phenoxy) is 8. The van der Waals surface area contributed by atoms with Crippen LogP contribution < -0.4 is 26.6 Å². The highest BCUT2D eigenvalue weighted by molar-refractivity contribution is 5.81. The van der Waals surface area contributed by atoms with Gasteiger partial charge in [0.25, 0.3) is 0 Å². The standard InChI is InChI=1S/C53H91N7O19/c1-29(2)73-44(66)58-32-25-33(56-41(64)34(61)19-22-55-43(65)76-48(3,4)5)39(75-42-37(63)40(52(15,70)28-72-42)59(16)46(68)78-50(9,10)11)36(62)35(32)38-31(57-45(67)77-49(6,7)8)18-17-30(74-38)26-54-27-53(71)20-23-60(24-21-53)47(69)79-51(12,13)14/h17,31-40,42,54,61-63,70-71H,1,18-28H2,2-16H3,(H,55,65)(H,56,64)(H,57,67)(H,58,66)/t31-,32+,33-,34+,35?,36+,37-,38+,39+,40-,42-,52+/m1/s1. The van der Waals surface area contributed by atoms with Crippen molar-refractivity contribution in [1.29, 1.82) is 0 Å². The Labute approximate surface area is 463 Å².